The van der Waals surface area contributed by atoms with Gasteiger partial charge >= 0.3 is 12.0 Å². The third-order valence-electron chi connectivity index (χ3n) is 3.21. The molecule has 1 fully saturated rings. The third-order valence-corrected chi connectivity index (χ3v) is 3.21. The first-order valence-electron chi connectivity index (χ1n) is 6.35. The lowest BCUT2D eigenvalue weighted by Gasteiger charge is -2.32. The van der Waals surface area contributed by atoms with E-state index in [0.29, 0.717) is 25.6 Å². The van der Waals surface area contributed by atoms with E-state index in [9.17, 15) is 9.59 Å². The van der Waals surface area contributed by atoms with Gasteiger partial charge in [-0.1, -0.05) is 0 Å². The second-order valence-electron chi connectivity index (χ2n) is 4.66. The van der Waals surface area contributed by atoms with Crippen molar-refractivity contribution >= 4 is 12.0 Å². The normalized spacial score (nSPS) is 20.9. The van der Waals surface area contributed by atoms with E-state index in [4.69, 9.17) is 14.6 Å². The molecule has 1 aliphatic heterocycles. The van der Waals surface area contributed by atoms with Crippen LogP contribution in [0.2, 0.25) is 0 Å². The molecule has 0 aliphatic carbocycles. The van der Waals surface area contributed by atoms with Crippen LogP contribution in [0.1, 0.15) is 12.8 Å². The molecule has 0 aromatic heterocycles. The van der Waals surface area contributed by atoms with E-state index in [0.717, 1.165) is 12.8 Å². The Hall–Kier alpha value is -1.34. The Balaban J connectivity index is 2.38. The standard InChI is InChI=1S/C12H22N2O5/c1-18-8-9-4-3-5-14(7-9)12(17)13-6-10(19-2)11(15)16/h9-10H,3-8H2,1-2H3,(H,13,17)(H,15,16). The zero-order chi connectivity index (χ0) is 14.3. The Kier molecular flexibility index (Phi) is 6.58. The van der Waals surface area contributed by atoms with Gasteiger partial charge in [0.15, 0.2) is 6.10 Å². The minimum Gasteiger partial charge on any atom is -0.479 e. The van der Waals surface area contributed by atoms with Crippen LogP contribution in [0.3, 0.4) is 0 Å². The molecule has 7 nitrogen and oxygen atoms in total. The maximum absolute atomic E-state index is 11.9. The molecular formula is C12H22N2O5. The van der Waals surface area contributed by atoms with E-state index in [1.54, 1.807) is 12.0 Å². The van der Waals surface area contributed by atoms with Gasteiger partial charge < -0.3 is 24.8 Å². The molecule has 1 saturated heterocycles. The number of methoxy groups -OCH3 is 2. The molecule has 2 amide bonds. The molecule has 1 heterocycles. The molecule has 0 bridgehead atoms. The number of ether oxygens (including phenoxy) is 2. The molecule has 19 heavy (non-hydrogen) atoms. The number of hydrogen-bond acceptors (Lipinski definition) is 4. The monoisotopic (exact) mass is 274 g/mol. The molecular weight excluding hydrogens is 252 g/mol. The molecule has 7 heteroatoms. The van der Waals surface area contributed by atoms with Gasteiger partial charge in [-0.3, -0.25) is 0 Å². The highest BCUT2D eigenvalue weighted by atomic mass is 16.5. The van der Waals surface area contributed by atoms with E-state index in [1.807, 2.05) is 0 Å². The molecule has 0 radical (unpaired) electrons. The summed E-state index contributed by atoms with van der Waals surface area (Å²) in [5.41, 5.74) is 0. The topological polar surface area (TPSA) is 88.1 Å². The van der Waals surface area contributed by atoms with Gasteiger partial charge in [-0.25, -0.2) is 9.59 Å². The number of carbonyl (C=O) groups excluding carboxylic acids is 1. The largest absolute Gasteiger partial charge is 0.479 e. The number of hydrogen-bond donors (Lipinski definition) is 2. The van der Waals surface area contributed by atoms with Gasteiger partial charge in [0.1, 0.15) is 0 Å². The first-order valence-corrected chi connectivity index (χ1v) is 6.35. The second kappa shape index (κ2) is 7.96. The molecule has 0 spiro atoms. The zero-order valence-corrected chi connectivity index (χ0v) is 11.4. The van der Waals surface area contributed by atoms with Crippen molar-refractivity contribution in [2.24, 2.45) is 5.92 Å². The SMILES string of the molecule is COCC1CCCN(C(=O)NCC(OC)C(=O)O)C1. The molecule has 0 aromatic rings. The van der Waals surface area contributed by atoms with Crippen molar-refractivity contribution in [3.05, 3.63) is 0 Å². The molecule has 2 atom stereocenters. The molecule has 0 aromatic carbocycles. The molecule has 0 saturated carbocycles. The smallest absolute Gasteiger partial charge is 0.334 e. The number of nitrogens with one attached hydrogen (secondary N) is 1. The average molecular weight is 274 g/mol. The van der Waals surface area contributed by atoms with Crippen molar-refractivity contribution in [3.8, 4) is 0 Å². The number of aliphatic carboxylic acids is 1. The summed E-state index contributed by atoms with van der Waals surface area (Å²) >= 11 is 0. The summed E-state index contributed by atoms with van der Waals surface area (Å²) in [6, 6.07) is -0.246. The summed E-state index contributed by atoms with van der Waals surface area (Å²) in [5, 5.41) is 11.4. The summed E-state index contributed by atoms with van der Waals surface area (Å²) in [6.07, 6.45) is 0.977. The molecule has 1 aliphatic rings. The van der Waals surface area contributed by atoms with Gasteiger partial charge in [0, 0.05) is 33.2 Å². The van der Waals surface area contributed by atoms with Crippen molar-refractivity contribution in [2.45, 2.75) is 18.9 Å². The fraction of sp³-hybridized carbons (Fsp3) is 0.833. The number of amides is 2. The van der Waals surface area contributed by atoms with Crippen LogP contribution < -0.4 is 5.32 Å². The van der Waals surface area contributed by atoms with Crippen molar-refractivity contribution in [1.82, 2.24) is 10.2 Å². The number of carboxylic acid groups (broad SMARTS) is 1. The maximum Gasteiger partial charge on any atom is 0.334 e. The molecule has 2 unspecified atom stereocenters. The fourth-order valence-corrected chi connectivity index (χ4v) is 2.18. The van der Waals surface area contributed by atoms with Crippen LogP contribution in [0.5, 0.6) is 0 Å². The Morgan fingerprint density at radius 2 is 2.21 bits per heavy atom. The quantitative estimate of drug-likeness (QED) is 0.720. The van der Waals surface area contributed by atoms with Gasteiger partial charge in [-0.2, -0.15) is 0 Å². The van der Waals surface area contributed by atoms with Crippen LogP contribution >= 0.6 is 0 Å². The second-order valence-corrected chi connectivity index (χ2v) is 4.66. The number of likely N-dealkylation sites (tertiary alicyclic amines) is 1. The fourth-order valence-electron chi connectivity index (χ4n) is 2.18. The van der Waals surface area contributed by atoms with Gasteiger partial charge in [-0.15, -0.1) is 0 Å². The average Bonchev–Trinajstić information content (AvgIpc) is 2.39. The zero-order valence-electron chi connectivity index (χ0n) is 11.4. The number of carboxylic acids is 1. The van der Waals surface area contributed by atoms with Crippen LogP contribution in [-0.4, -0.2) is 68.6 Å². The highest BCUT2D eigenvalue weighted by molar-refractivity contribution is 5.77. The van der Waals surface area contributed by atoms with E-state index < -0.39 is 12.1 Å². The predicted molar refractivity (Wildman–Crippen MR) is 68.0 cm³/mol. The number of carbonyl (C=O) groups is 2. The Bertz CT molecular complexity index is 308. The Labute approximate surface area is 112 Å². The minimum absolute atomic E-state index is 0.0316. The number of urea groups is 1. The van der Waals surface area contributed by atoms with E-state index in [-0.39, 0.29) is 12.6 Å². The first-order chi connectivity index (χ1) is 9.08. The van der Waals surface area contributed by atoms with Crippen LogP contribution in [0.4, 0.5) is 4.79 Å². The summed E-state index contributed by atoms with van der Waals surface area (Å²) in [6.45, 7) is 1.94. The van der Waals surface area contributed by atoms with Gasteiger partial charge in [0.05, 0.1) is 13.2 Å². The lowest BCUT2D eigenvalue weighted by atomic mass is 9.99. The number of nitrogens with zero attached hydrogens (tertiary/aromatic N) is 1. The first kappa shape index (κ1) is 15.7. The van der Waals surface area contributed by atoms with Gasteiger partial charge in [0.25, 0.3) is 0 Å². The van der Waals surface area contributed by atoms with Crippen molar-refractivity contribution < 1.29 is 24.2 Å². The van der Waals surface area contributed by atoms with E-state index >= 15 is 0 Å². The number of piperidine rings is 1. The van der Waals surface area contributed by atoms with Gasteiger partial charge in [0.2, 0.25) is 0 Å². The van der Waals surface area contributed by atoms with Crippen LogP contribution in [0.15, 0.2) is 0 Å². The van der Waals surface area contributed by atoms with Crippen LogP contribution in [0.25, 0.3) is 0 Å². The lowest BCUT2D eigenvalue weighted by Crippen LogP contribution is -2.49. The highest BCUT2D eigenvalue weighted by Gasteiger charge is 2.25. The molecule has 2 N–H and O–H groups in total. The maximum atomic E-state index is 11.9. The van der Waals surface area contributed by atoms with Crippen LogP contribution in [-0.2, 0) is 14.3 Å². The Morgan fingerprint density at radius 3 is 2.79 bits per heavy atom. The van der Waals surface area contributed by atoms with Crippen LogP contribution in [0, 0.1) is 5.92 Å². The highest BCUT2D eigenvalue weighted by Crippen LogP contribution is 2.16. The third kappa shape index (κ3) is 5.04. The number of rotatable bonds is 6. The summed E-state index contributed by atoms with van der Waals surface area (Å²) in [7, 11) is 2.95. The lowest BCUT2D eigenvalue weighted by molar-refractivity contribution is -0.148. The summed E-state index contributed by atoms with van der Waals surface area (Å²) in [5.74, 6) is -0.735. The minimum atomic E-state index is -1.08. The van der Waals surface area contributed by atoms with Crippen molar-refractivity contribution in [1.29, 1.82) is 0 Å². The van der Waals surface area contributed by atoms with Crippen molar-refractivity contribution in [2.75, 3.05) is 40.5 Å². The van der Waals surface area contributed by atoms with E-state index in [2.05, 4.69) is 5.32 Å². The molecule has 1 rings (SSSR count). The molecule has 110 valence electrons. The van der Waals surface area contributed by atoms with Gasteiger partial charge in [-0.05, 0) is 12.8 Å². The van der Waals surface area contributed by atoms with E-state index in [1.165, 1.54) is 7.11 Å². The predicted octanol–water partition coefficient (Wildman–Crippen LogP) is 0.154. The van der Waals surface area contributed by atoms with Crippen molar-refractivity contribution in [3.63, 3.8) is 0 Å². The Morgan fingerprint density at radius 1 is 1.47 bits per heavy atom. The summed E-state index contributed by atoms with van der Waals surface area (Å²) in [4.78, 5) is 24.4. The summed E-state index contributed by atoms with van der Waals surface area (Å²) < 4.78 is 9.86.